The predicted molar refractivity (Wildman–Crippen MR) is 247 cm³/mol. The van der Waals surface area contributed by atoms with E-state index < -0.39 is 88.7 Å². The molecular formula is C42H65N7O18P2. The number of phosphoric acid groups is 2. The van der Waals surface area contributed by atoms with E-state index in [1.54, 1.807) is 0 Å². The number of nitrogens with zero attached hydrogens (tertiary/aromatic N) is 5. The summed E-state index contributed by atoms with van der Waals surface area (Å²) in [6, 6.07) is 3.99. The maximum atomic E-state index is 12.9. The van der Waals surface area contributed by atoms with Crippen molar-refractivity contribution in [2.75, 3.05) is 37.4 Å². The largest absolute Gasteiger partial charge is 0.481 e. The van der Waals surface area contributed by atoms with Gasteiger partial charge in [-0.3, -0.25) is 33.3 Å². The molecule has 0 bridgehead atoms. The second-order valence-corrected chi connectivity index (χ2v) is 19.5. The Kier molecular flexibility index (Phi) is 24.3. The van der Waals surface area contributed by atoms with Crippen molar-refractivity contribution >= 4 is 55.8 Å². The number of carbonyl (C=O) groups excluding carboxylic acids is 2. The number of esters is 2. The number of hydrogen-bond donors (Lipinski definition) is 6. The Bertz CT molecular complexity index is 2260. The summed E-state index contributed by atoms with van der Waals surface area (Å²) < 4.78 is 61.2. The van der Waals surface area contributed by atoms with E-state index in [0.29, 0.717) is 37.9 Å². The minimum Gasteiger partial charge on any atom is -0.462 e. The number of nitrogens with two attached hydrogens (primary N) is 1. The normalized spacial score (nSPS) is 19.3. The third-order valence-electron chi connectivity index (χ3n) is 10.8. The summed E-state index contributed by atoms with van der Waals surface area (Å²) in [5.74, 6) is -1.53. The minimum atomic E-state index is -5.48. The molecule has 1 saturated heterocycles. The number of anilines is 2. The van der Waals surface area contributed by atoms with Crippen LogP contribution in [0.1, 0.15) is 129 Å². The Morgan fingerprint density at radius 2 is 1.49 bits per heavy atom. The lowest BCUT2D eigenvalue weighted by atomic mass is 10.1. The maximum absolute atomic E-state index is 12.9. The number of aromatic nitrogens is 4. The van der Waals surface area contributed by atoms with E-state index in [0.717, 1.165) is 49.3 Å². The van der Waals surface area contributed by atoms with Crippen LogP contribution in [-0.4, -0.2) is 108 Å². The third kappa shape index (κ3) is 20.3. The first-order valence-electron chi connectivity index (χ1n) is 23.2. The molecule has 0 amide bonds. The first-order chi connectivity index (χ1) is 33.0. The number of rotatable bonds is 35. The zero-order valence-corrected chi connectivity index (χ0v) is 40.4. The Morgan fingerprint density at radius 3 is 2.17 bits per heavy atom. The van der Waals surface area contributed by atoms with Gasteiger partial charge in [-0.1, -0.05) is 76.9 Å². The molecule has 1 fully saturated rings. The number of phosphoric ester groups is 2. The molecular weight excluding hydrogens is 952 g/mol. The lowest BCUT2D eigenvalue weighted by Gasteiger charge is -2.21. The van der Waals surface area contributed by atoms with Crippen LogP contribution in [0.5, 0.6) is 0 Å². The zero-order chi connectivity index (χ0) is 50.2. The zero-order valence-electron chi connectivity index (χ0n) is 38.6. The lowest BCUT2D eigenvalue weighted by Crippen LogP contribution is -2.36. The fourth-order valence-electron chi connectivity index (χ4n) is 7.14. The molecule has 0 radical (unpaired) electrons. The summed E-state index contributed by atoms with van der Waals surface area (Å²) in [6.07, 6.45) is 12.8. The van der Waals surface area contributed by atoms with Gasteiger partial charge in [0.1, 0.15) is 30.7 Å². The van der Waals surface area contributed by atoms with Crippen molar-refractivity contribution in [3.63, 3.8) is 0 Å². The van der Waals surface area contributed by atoms with Gasteiger partial charge in [-0.25, -0.2) is 18.6 Å². The van der Waals surface area contributed by atoms with Crippen molar-refractivity contribution < 1.29 is 75.8 Å². The van der Waals surface area contributed by atoms with Gasteiger partial charge in [0.25, 0.3) is 0 Å². The highest BCUT2D eigenvalue weighted by molar-refractivity contribution is 7.61. The number of non-ortho nitro benzene ring substituents is 1. The van der Waals surface area contributed by atoms with Crippen molar-refractivity contribution in [1.29, 1.82) is 0 Å². The number of nitro groups is 1. The Labute approximate surface area is 398 Å². The van der Waals surface area contributed by atoms with Crippen LogP contribution >= 0.6 is 15.6 Å². The molecule has 69 heavy (non-hydrogen) atoms. The fraction of sp³-hybridized carbons (Fsp3) is 0.667. The Balaban J connectivity index is 1.21. The lowest BCUT2D eigenvalue weighted by molar-refractivity contribution is -0.383. The molecule has 25 nitrogen and oxygen atoms in total. The average Bonchev–Trinajstić information content (AvgIpc) is 3.90. The van der Waals surface area contributed by atoms with Gasteiger partial charge in [0.15, 0.2) is 17.8 Å². The summed E-state index contributed by atoms with van der Waals surface area (Å²) in [5.41, 5.74) is 4.97. The van der Waals surface area contributed by atoms with Crippen LogP contribution in [0.2, 0.25) is 0 Å². The van der Waals surface area contributed by atoms with E-state index >= 15 is 0 Å². The molecule has 4 rings (SSSR count). The van der Waals surface area contributed by atoms with E-state index in [9.17, 15) is 53.6 Å². The molecule has 27 heteroatoms. The number of aliphatic hydroxyl groups is 2. The van der Waals surface area contributed by atoms with Crippen molar-refractivity contribution in [3.05, 3.63) is 57.1 Å². The summed E-state index contributed by atoms with van der Waals surface area (Å²) in [4.78, 5) is 72.5. The minimum absolute atomic E-state index is 0.000468. The molecule has 7 N–H and O–H groups in total. The van der Waals surface area contributed by atoms with E-state index in [2.05, 4.69) is 48.6 Å². The van der Waals surface area contributed by atoms with Gasteiger partial charge in [0, 0.05) is 31.6 Å². The number of ether oxygens (including phenoxy) is 3. The highest BCUT2D eigenvalue weighted by atomic mass is 31.3. The fourth-order valence-corrected chi connectivity index (χ4v) is 9.25. The molecule has 0 spiro atoms. The van der Waals surface area contributed by atoms with Crippen molar-refractivity contribution in [3.8, 4) is 0 Å². The average molecular weight is 1020 g/mol. The number of nitrogens with one attached hydrogen (secondary N) is 1. The molecule has 3 aromatic rings. The quantitative estimate of drug-likeness (QED) is 0.00939. The van der Waals surface area contributed by atoms with Crippen LogP contribution in [-0.2, 0) is 46.3 Å². The molecule has 1 aromatic carbocycles. The number of allylic oxidation sites excluding steroid dienone is 2. The van der Waals surface area contributed by atoms with Gasteiger partial charge in [0.05, 0.1) is 23.8 Å². The topological polar surface area (TPSA) is 360 Å². The summed E-state index contributed by atoms with van der Waals surface area (Å²) in [5, 5.41) is 42.5. The Hall–Kier alpha value is -4.68. The van der Waals surface area contributed by atoms with Gasteiger partial charge in [0.2, 0.25) is 5.52 Å². The van der Waals surface area contributed by atoms with E-state index in [4.69, 9.17) is 29.0 Å². The van der Waals surface area contributed by atoms with E-state index in [1.807, 2.05) is 0 Å². The number of carbonyl (C=O) groups is 2. The van der Waals surface area contributed by atoms with Gasteiger partial charge < -0.3 is 45.3 Å². The smallest absolute Gasteiger partial charge is 0.462 e. The van der Waals surface area contributed by atoms with Crippen molar-refractivity contribution in [1.82, 2.24) is 19.9 Å². The van der Waals surface area contributed by atoms with Crippen LogP contribution in [0, 0.1) is 10.1 Å². The molecule has 2 aromatic heterocycles. The molecule has 7 atom stereocenters. The number of nitro benzene ring substituents is 1. The molecule has 3 unspecified atom stereocenters. The standard InChI is InChI=1S/C42H65N7O18P2/c1-2-3-4-5-6-7-8-9-10-11-12-13-14-15-17-21-36(51)64-30(27-61-35(50)20-18-16-19-25-44-31-22-23-32(49(55)56)38-37(31)46-66-47-38)28-62-68(57,58)67-69(59,60)63-29-33-39(52)40(53)41(65-33)48-26-24-34(43)45-42(48)54/h9-10,22-24,26,30,33,39-41,44,52-53H,2-8,11-21,25,27-29H2,1H3,(H,57,58)(H,59,60)(H2,43,45,54)/b10-9-/t30?,33-,39-,40-,41-/m1/s1. The summed E-state index contributed by atoms with van der Waals surface area (Å²) in [6.45, 7) is 0.107. The van der Waals surface area contributed by atoms with Crippen LogP contribution < -0.4 is 16.7 Å². The van der Waals surface area contributed by atoms with Crippen molar-refractivity contribution in [2.24, 2.45) is 0 Å². The molecule has 386 valence electrons. The van der Waals surface area contributed by atoms with Crippen LogP contribution in [0.15, 0.2) is 46.0 Å². The number of hydrogen-bond acceptors (Lipinski definition) is 21. The SMILES string of the molecule is CCCCCCCC/C=C\CCCCCCCC(=O)OC(COC(=O)CCCCCNc1ccc([N+](=O)[O-])c2nonc12)COP(=O)(O)OP(=O)(O)OC[C@H]1O[C@@H](n2ccc(N)nc2=O)[C@H](O)[C@@H]1O. The first kappa shape index (κ1) is 56.9. The highest BCUT2D eigenvalue weighted by Gasteiger charge is 2.46. The molecule has 1 aliphatic rings. The highest BCUT2D eigenvalue weighted by Crippen LogP contribution is 2.60. The maximum Gasteiger partial charge on any atom is 0.481 e. The van der Waals surface area contributed by atoms with Gasteiger partial charge in [-0.2, -0.15) is 9.29 Å². The summed E-state index contributed by atoms with van der Waals surface area (Å²) in [7, 11) is -11.0. The second kappa shape index (κ2) is 29.5. The summed E-state index contributed by atoms with van der Waals surface area (Å²) >= 11 is 0. The van der Waals surface area contributed by atoms with Gasteiger partial charge >= 0.3 is 39.0 Å². The Morgan fingerprint density at radius 1 is 0.870 bits per heavy atom. The van der Waals surface area contributed by atoms with Crippen molar-refractivity contribution in [2.45, 2.75) is 153 Å². The number of unbranched alkanes of at least 4 members (excludes halogenated alkanes) is 13. The van der Waals surface area contributed by atoms with Crippen LogP contribution in [0.3, 0.4) is 0 Å². The van der Waals surface area contributed by atoms with E-state index in [-0.39, 0.29) is 35.4 Å². The monoisotopic (exact) mass is 1020 g/mol. The first-order valence-corrected chi connectivity index (χ1v) is 26.1. The number of fused-ring (bicyclic) bond motifs is 1. The van der Waals surface area contributed by atoms with Gasteiger partial charge in [-0.15, -0.1) is 0 Å². The molecule has 0 saturated carbocycles. The predicted octanol–water partition coefficient (Wildman–Crippen LogP) is 6.30. The van der Waals surface area contributed by atoms with Gasteiger partial charge in [-0.05, 0) is 67.4 Å². The third-order valence-corrected chi connectivity index (χ3v) is 13.4. The molecule has 3 heterocycles. The number of aliphatic hydroxyl groups excluding tert-OH is 2. The number of benzene rings is 1. The van der Waals surface area contributed by atoms with Crippen LogP contribution in [0.4, 0.5) is 17.2 Å². The van der Waals surface area contributed by atoms with E-state index in [1.165, 1.54) is 56.7 Å². The van der Waals surface area contributed by atoms with Crippen LogP contribution in [0.25, 0.3) is 11.0 Å². The number of nitrogen functional groups attached to an aromatic ring is 1. The molecule has 0 aliphatic carbocycles. The second-order valence-electron chi connectivity index (χ2n) is 16.4. The molecule has 1 aliphatic heterocycles.